The first-order valence-corrected chi connectivity index (χ1v) is 10.6. The second kappa shape index (κ2) is 8.81. The van der Waals surface area contributed by atoms with Crippen molar-refractivity contribution in [2.24, 2.45) is 5.10 Å². The molecule has 4 rings (SSSR count). The number of pyridine rings is 2. The number of furan rings is 1. The summed E-state index contributed by atoms with van der Waals surface area (Å²) in [4.78, 5) is 33.4. The van der Waals surface area contributed by atoms with Crippen LogP contribution in [0.2, 0.25) is 0 Å². The van der Waals surface area contributed by atoms with E-state index in [1.54, 1.807) is 18.5 Å². The molecule has 0 saturated carbocycles. The molecule has 2 amide bonds. The van der Waals surface area contributed by atoms with Gasteiger partial charge in [-0.1, -0.05) is 6.07 Å². The minimum absolute atomic E-state index is 0.229. The summed E-state index contributed by atoms with van der Waals surface area (Å²) in [5, 5.41) is 7.14. The summed E-state index contributed by atoms with van der Waals surface area (Å²) >= 11 is 3.30. The number of rotatable bonds is 4. The summed E-state index contributed by atoms with van der Waals surface area (Å²) in [6.07, 6.45) is 6.88. The highest BCUT2D eigenvalue weighted by molar-refractivity contribution is 9.10. The molecule has 2 N–H and O–H groups in total. The number of hydrogen-bond donors (Lipinski definition) is 2. The molecule has 0 unspecified atom stereocenters. The quantitative estimate of drug-likeness (QED) is 0.543. The zero-order chi connectivity index (χ0) is 22.0. The molecular formula is C22H20BrN5O3. The predicted molar refractivity (Wildman–Crippen MR) is 119 cm³/mol. The van der Waals surface area contributed by atoms with E-state index < -0.39 is 0 Å². The van der Waals surface area contributed by atoms with Gasteiger partial charge in [-0.2, -0.15) is 5.10 Å². The summed E-state index contributed by atoms with van der Waals surface area (Å²) in [6.45, 7) is 3.69. The normalized spacial score (nSPS) is 14.2. The van der Waals surface area contributed by atoms with Gasteiger partial charge in [0, 0.05) is 40.6 Å². The third kappa shape index (κ3) is 4.41. The molecule has 8 nitrogen and oxygen atoms in total. The number of aromatic nitrogens is 2. The number of carbonyl (C=O) groups is 2. The molecule has 0 atom stereocenters. The molecule has 0 aliphatic heterocycles. The van der Waals surface area contributed by atoms with Gasteiger partial charge in [-0.05, 0) is 60.3 Å². The van der Waals surface area contributed by atoms with Crippen LogP contribution in [-0.2, 0) is 6.42 Å². The lowest BCUT2D eigenvalue weighted by molar-refractivity contribution is 0.0953. The van der Waals surface area contributed by atoms with Crippen molar-refractivity contribution in [3.63, 3.8) is 0 Å². The number of hydrogen-bond acceptors (Lipinski definition) is 6. The lowest BCUT2D eigenvalue weighted by Gasteiger charge is -2.13. The highest BCUT2D eigenvalue weighted by Crippen LogP contribution is 2.30. The Morgan fingerprint density at radius 3 is 2.81 bits per heavy atom. The van der Waals surface area contributed by atoms with Crippen LogP contribution in [0.1, 0.15) is 56.2 Å². The molecule has 3 aromatic rings. The number of hydrazone groups is 1. The number of fused-ring (bicyclic) bond motifs is 1. The Labute approximate surface area is 187 Å². The monoisotopic (exact) mass is 481 g/mol. The van der Waals surface area contributed by atoms with E-state index in [-0.39, 0.29) is 17.6 Å². The average Bonchev–Trinajstić information content (AvgIpc) is 3.11. The van der Waals surface area contributed by atoms with E-state index in [2.05, 4.69) is 41.7 Å². The van der Waals surface area contributed by atoms with Crippen molar-refractivity contribution in [2.75, 3.05) is 5.32 Å². The van der Waals surface area contributed by atoms with E-state index in [1.807, 2.05) is 26.0 Å². The molecule has 0 radical (unpaired) electrons. The van der Waals surface area contributed by atoms with Crippen molar-refractivity contribution in [2.45, 2.75) is 33.1 Å². The van der Waals surface area contributed by atoms with Crippen molar-refractivity contribution in [3.05, 3.63) is 75.0 Å². The topological polar surface area (TPSA) is 109 Å². The van der Waals surface area contributed by atoms with Gasteiger partial charge in [0.05, 0.1) is 11.3 Å². The largest absolute Gasteiger partial charge is 0.455 e. The summed E-state index contributed by atoms with van der Waals surface area (Å²) in [5.74, 6) is 0.691. The Kier molecular flexibility index (Phi) is 5.94. The molecule has 9 heteroatoms. The third-order valence-electron chi connectivity index (χ3n) is 5.03. The Balaban J connectivity index is 1.58. The maximum atomic E-state index is 12.8. The molecule has 0 spiro atoms. The van der Waals surface area contributed by atoms with Crippen LogP contribution in [0.4, 0.5) is 5.82 Å². The molecule has 0 saturated heterocycles. The number of anilines is 1. The summed E-state index contributed by atoms with van der Waals surface area (Å²) in [7, 11) is 0. The summed E-state index contributed by atoms with van der Waals surface area (Å²) in [6, 6.07) is 5.35. The smallest absolute Gasteiger partial charge is 0.292 e. The Morgan fingerprint density at radius 1 is 1.19 bits per heavy atom. The van der Waals surface area contributed by atoms with E-state index in [0.717, 1.165) is 17.5 Å². The molecule has 31 heavy (non-hydrogen) atoms. The van der Waals surface area contributed by atoms with E-state index in [1.165, 1.54) is 6.20 Å². The first kappa shape index (κ1) is 20.9. The second-order valence-corrected chi connectivity index (χ2v) is 8.14. The van der Waals surface area contributed by atoms with Gasteiger partial charge >= 0.3 is 0 Å². The molecule has 3 heterocycles. The van der Waals surface area contributed by atoms with Gasteiger partial charge in [-0.25, -0.2) is 10.4 Å². The van der Waals surface area contributed by atoms with E-state index in [9.17, 15) is 9.59 Å². The number of aryl methyl sites for hydroxylation is 2. The average molecular weight is 482 g/mol. The number of amides is 2. The molecule has 0 bridgehead atoms. The molecule has 1 aliphatic carbocycles. The fourth-order valence-corrected chi connectivity index (χ4v) is 3.86. The molecule has 158 valence electrons. The van der Waals surface area contributed by atoms with Crippen LogP contribution in [0.3, 0.4) is 0 Å². The van der Waals surface area contributed by atoms with E-state index >= 15 is 0 Å². The van der Waals surface area contributed by atoms with E-state index in [4.69, 9.17) is 4.42 Å². The van der Waals surface area contributed by atoms with Gasteiger partial charge in [0.1, 0.15) is 11.6 Å². The molecule has 1 aliphatic rings. The maximum Gasteiger partial charge on any atom is 0.292 e. The van der Waals surface area contributed by atoms with Crippen LogP contribution in [0.15, 0.2) is 50.8 Å². The molecule has 0 aromatic carbocycles. The summed E-state index contributed by atoms with van der Waals surface area (Å²) < 4.78 is 6.60. The first-order valence-electron chi connectivity index (χ1n) is 9.77. The van der Waals surface area contributed by atoms with Gasteiger partial charge in [0.25, 0.3) is 11.8 Å². The Hall–Kier alpha value is -3.33. The zero-order valence-corrected chi connectivity index (χ0v) is 18.6. The van der Waals surface area contributed by atoms with Gasteiger partial charge in [-0.3, -0.25) is 14.6 Å². The van der Waals surface area contributed by atoms with Crippen LogP contribution in [-0.4, -0.2) is 27.5 Å². The van der Waals surface area contributed by atoms with Crippen molar-refractivity contribution in [1.82, 2.24) is 15.4 Å². The maximum absolute atomic E-state index is 12.8. The van der Waals surface area contributed by atoms with Crippen molar-refractivity contribution in [3.8, 4) is 0 Å². The standard InChI is InChI=1S/C22H20BrN5O3/c1-12-5-4-8-25-20(12)26-22(30)19-13(2)18-16(6-3-7-17(18)31-19)27-28-21(29)14-9-15(23)11-24-10-14/h4-5,8-11H,3,6-7H2,1-2H3,(H,28,29)(H,25,26,30)/b27-16+. The zero-order valence-electron chi connectivity index (χ0n) is 17.0. The molecule has 3 aromatic heterocycles. The fraction of sp³-hybridized carbons (Fsp3) is 0.227. The Bertz CT molecular complexity index is 1200. The third-order valence-corrected chi connectivity index (χ3v) is 5.47. The first-order chi connectivity index (χ1) is 14.9. The van der Waals surface area contributed by atoms with Crippen LogP contribution in [0, 0.1) is 13.8 Å². The highest BCUT2D eigenvalue weighted by Gasteiger charge is 2.28. The molecular weight excluding hydrogens is 462 g/mol. The van der Waals surface area contributed by atoms with Gasteiger partial charge in [0.2, 0.25) is 0 Å². The lowest BCUT2D eigenvalue weighted by atomic mass is 9.93. The van der Waals surface area contributed by atoms with E-state index in [0.29, 0.717) is 45.7 Å². The molecule has 0 fully saturated rings. The van der Waals surface area contributed by atoms with Crippen molar-refractivity contribution >= 4 is 39.3 Å². The van der Waals surface area contributed by atoms with Crippen LogP contribution in [0.25, 0.3) is 0 Å². The minimum Gasteiger partial charge on any atom is -0.455 e. The lowest BCUT2D eigenvalue weighted by Crippen LogP contribution is -2.22. The number of nitrogens with zero attached hydrogens (tertiary/aromatic N) is 3. The van der Waals surface area contributed by atoms with Gasteiger partial charge < -0.3 is 9.73 Å². The van der Waals surface area contributed by atoms with Crippen LogP contribution >= 0.6 is 15.9 Å². The summed E-state index contributed by atoms with van der Waals surface area (Å²) in [5.41, 5.74) is 6.00. The fourth-order valence-electron chi connectivity index (χ4n) is 3.50. The van der Waals surface area contributed by atoms with Gasteiger partial charge in [0.15, 0.2) is 5.76 Å². The number of carbonyl (C=O) groups excluding carboxylic acids is 2. The van der Waals surface area contributed by atoms with Crippen molar-refractivity contribution in [1.29, 1.82) is 0 Å². The number of halogens is 1. The number of nitrogens with one attached hydrogen (secondary N) is 2. The highest BCUT2D eigenvalue weighted by atomic mass is 79.9. The Morgan fingerprint density at radius 2 is 2.03 bits per heavy atom. The predicted octanol–water partition coefficient (Wildman–Crippen LogP) is 4.17. The SMILES string of the molecule is Cc1cccnc1NC(=O)c1oc2c(c1C)/C(=N/NC(=O)c1cncc(Br)c1)CCC2. The van der Waals surface area contributed by atoms with Crippen molar-refractivity contribution < 1.29 is 14.0 Å². The minimum atomic E-state index is -0.364. The van der Waals surface area contributed by atoms with Crippen LogP contribution in [0.5, 0.6) is 0 Å². The van der Waals surface area contributed by atoms with Gasteiger partial charge in [-0.15, -0.1) is 0 Å². The van der Waals surface area contributed by atoms with Crippen LogP contribution < -0.4 is 10.7 Å². The second-order valence-electron chi connectivity index (χ2n) is 7.22.